The molecule has 1 aromatic rings. The summed E-state index contributed by atoms with van der Waals surface area (Å²) in [4.78, 5) is 2.48. The molecule has 1 saturated carbocycles. The van der Waals surface area contributed by atoms with E-state index >= 15 is 0 Å². The highest BCUT2D eigenvalue weighted by atomic mass is 79.9. The zero-order valence-corrected chi connectivity index (χ0v) is 11.0. The summed E-state index contributed by atoms with van der Waals surface area (Å²) in [6.45, 7) is 4.43. The first-order valence-corrected chi connectivity index (χ1v) is 6.89. The highest BCUT2D eigenvalue weighted by Gasteiger charge is 2.24. The van der Waals surface area contributed by atoms with Gasteiger partial charge in [0.2, 0.25) is 0 Å². The van der Waals surface area contributed by atoms with Gasteiger partial charge in [0.05, 0.1) is 5.69 Å². The first-order valence-electron chi connectivity index (χ1n) is 6.10. The molecular formula is C13H17BrN2. The number of piperazine rings is 1. The second-order valence-electron chi connectivity index (χ2n) is 4.72. The lowest BCUT2D eigenvalue weighted by atomic mass is 10.1. The van der Waals surface area contributed by atoms with Gasteiger partial charge in [-0.15, -0.1) is 0 Å². The monoisotopic (exact) mass is 280 g/mol. The third-order valence-electron chi connectivity index (χ3n) is 3.48. The molecule has 0 unspecified atom stereocenters. The van der Waals surface area contributed by atoms with Crippen molar-refractivity contribution in [2.45, 2.75) is 18.8 Å². The van der Waals surface area contributed by atoms with Crippen LogP contribution in [0.2, 0.25) is 0 Å². The van der Waals surface area contributed by atoms with Crippen LogP contribution >= 0.6 is 15.9 Å². The zero-order valence-electron chi connectivity index (χ0n) is 9.38. The van der Waals surface area contributed by atoms with Crippen molar-refractivity contribution in [1.82, 2.24) is 5.32 Å². The summed E-state index contributed by atoms with van der Waals surface area (Å²) in [5.74, 6) is 0.842. The van der Waals surface area contributed by atoms with Crippen molar-refractivity contribution in [2.75, 3.05) is 31.1 Å². The summed E-state index contributed by atoms with van der Waals surface area (Å²) in [5, 5.41) is 3.40. The van der Waals surface area contributed by atoms with Crippen molar-refractivity contribution in [2.24, 2.45) is 0 Å². The molecule has 0 radical (unpaired) electrons. The van der Waals surface area contributed by atoms with Crippen LogP contribution in [0.3, 0.4) is 0 Å². The second kappa shape index (κ2) is 4.38. The Morgan fingerprint density at radius 1 is 1.19 bits per heavy atom. The van der Waals surface area contributed by atoms with Crippen LogP contribution in [0.25, 0.3) is 0 Å². The van der Waals surface area contributed by atoms with Gasteiger partial charge in [-0.05, 0) is 52.4 Å². The minimum atomic E-state index is 0.842. The Balaban J connectivity index is 1.88. The van der Waals surface area contributed by atoms with Gasteiger partial charge in [0, 0.05) is 30.7 Å². The summed E-state index contributed by atoms with van der Waals surface area (Å²) in [7, 11) is 0. The molecule has 0 atom stereocenters. The lowest BCUT2D eigenvalue weighted by Gasteiger charge is -2.30. The van der Waals surface area contributed by atoms with E-state index in [4.69, 9.17) is 0 Å². The van der Waals surface area contributed by atoms with Gasteiger partial charge in [-0.2, -0.15) is 0 Å². The van der Waals surface area contributed by atoms with E-state index in [1.165, 1.54) is 28.6 Å². The first kappa shape index (κ1) is 10.6. The van der Waals surface area contributed by atoms with Gasteiger partial charge in [-0.1, -0.05) is 6.07 Å². The third kappa shape index (κ3) is 2.11. The number of anilines is 1. The molecule has 0 aromatic heterocycles. The van der Waals surface area contributed by atoms with E-state index in [9.17, 15) is 0 Å². The number of hydrogen-bond acceptors (Lipinski definition) is 2. The van der Waals surface area contributed by atoms with Crippen LogP contribution < -0.4 is 10.2 Å². The van der Waals surface area contributed by atoms with Crippen molar-refractivity contribution in [3.8, 4) is 0 Å². The molecule has 0 amide bonds. The normalized spacial score (nSPS) is 21.2. The highest BCUT2D eigenvalue weighted by molar-refractivity contribution is 9.10. The van der Waals surface area contributed by atoms with E-state index < -0.39 is 0 Å². The fourth-order valence-electron chi connectivity index (χ4n) is 2.35. The molecule has 0 bridgehead atoms. The molecule has 86 valence electrons. The molecule has 16 heavy (non-hydrogen) atoms. The third-order valence-corrected chi connectivity index (χ3v) is 4.15. The molecule has 0 spiro atoms. The highest BCUT2D eigenvalue weighted by Crippen LogP contribution is 2.42. The van der Waals surface area contributed by atoms with Gasteiger partial charge in [-0.3, -0.25) is 0 Å². The van der Waals surface area contributed by atoms with Crippen LogP contribution in [0.5, 0.6) is 0 Å². The second-order valence-corrected chi connectivity index (χ2v) is 5.58. The smallest absolute Gasteiger partial charge is 0.0514 e. The fourth-order valence-corrected chi connectivity index (χ4v) is 2.85. The maximum atomic E-state index is 3.67. The number of halogens is 1. The van der Waals surface area contributed by atoms with Crippen molar-refractivity contribution >= 4 is 21.6 Å². The van der Waals surface area contributed by atoms with E-state index in [-0.39, 0.29) is 0 Å². The molecule has 1 aliphatic carbocycles. The SMILES string of the molecule is Brc1ccc(C2CC2)cc1N1CCNCC1. The molecule has 3 rings (SSSR count). The standard InChI is InChI=1S/C13H17BrN2/c14-12-4-3-11(10-1-2-10)9-13(12)16-7-5-15-6-8-16/h3-4,9-10,15H,1-2,5-8H2. The molecule has 1 heterocycles. The molecule has 1 aliphatic heterocycles. The van der Waals surface area contributed by atoms with Crippen molar-refractivity contribution in [1.29, 1.82) is 0 Å². The van der Waals surface area contributed by atoms with E-state index in [2.05, 4.69) is 44.3 Å². The molecule has 3 heteroatoms. The molecule has 1 aromatic carbocycles. The maximum Gasteiger partial charge on any atom is 0.0514 e. The minimum absolute atomic E-state index is 0.842. The van der Waals surface area contributed by atoms with E-state index in [1.54, 1.807) is 0 Å². The van der Waals surface area contributed by atoms with Crippen molar-refractivity contribution in [3.63, 3.8) is 0 Å². The van der Waals surface area contributed by atoms with Crippen LogP contribution in [0, 0.1) is 0 Å². The average Bonchev–Trinajstić information content (AvgIpc) is 3.15. The quantitative estimate of drug-likeness (QED) is 0.896. The van der Waals surface area contributed by atoms with Crippen LogP contribution in [0.4, 0.5) is 5.69 Å². The predicted molar refractivity (Wildman–Crippen MR) is 71.2 cm³/mol. The van der Waals surface area contributed by atoms with Gasteiger partial charge in [0.1, 0.15) is 0 Å². The van der Waals surface area contributed by atoms with Crippen LogP contribution in [-0.2, 0) is 0 Å². The number of rotatable bonds is 2. The van der Waals surface area contributed by atoms with Crippen LogP contribution in [0.1, 0.15) is 24.3 Å². The summed E-state index contributed by atoms with van der Waals surface area (Å²) >= 11 is 3.67. The van der Waals surface area contributed by atoms with Gasteiger partial charge in [-0.25, -0.2) is 0 Å². The zero-order chi connectivity index (χ0) is 11.0. The van der Waals surface area contributed by atoms with Crippen molar-refractivity contribution in [3.05, 3.63) is 28.2 Å². The van der Waals surface area contributed by atoms with Crippen LogP contribution in [-0.4, -0.2) is 26.2 Å². The number of nitrogens with one attached hydrogen (secondary N) is 1. The van der Waals surface area contributed by atoms with Crippen molar-refractivity contribution < 1.29 is 0 Å². The van der Waals surface area contributed by atoms with E-state index in [0.717, 1.165) is 32.1 Å². The van der Waals surface area contributed by atoms with Crippen LogP contribution in [0.15, 0.2) is 22.7 Å². The Hall–Kier alpha value is -0.540. The van der Waals surface area contributed by atoms with Gasteiger partial charge >= 0.3 is 0 Å². The molecule has 2 fully saturated rings. The van der Waals surface area contributed by atoms with Gasteiger partial charge in [0.15, 0.2) is 0 Å². The fraction of sp³-hybridized carbons (Fsp3) is 0.538. The lowest BCUT2D eigenvalue weighted by molar-refractivity contribution is 0.588. The maximum absolute atomic E-state index is 3.67. The van der Waals surface area contributed by atoms with E-state index in [0.29, 0.717) is 0 Å². The number of benzene rings is 1. The molecule has 1 N–H and O–H groups in total. The Labute approximate surface area is 105 Å². The van der Waals surface area contributed by atoms with E-state index in [1.807, 2.05) is 0 Å². The number of nitrogens with zero attached hydrogens (tertiary/aromatic N) is 1. The molecule has 2 aliphatic rings. The summed E-state index contributed by atoms with van der Waals surface area (Å²) < 4.78 is 1.24. The Morgan fingerprint density at radius 2 is 1.94 bits per heavy atom. The molecule has 2 nitrogen and oxygen atoms in total. The minimum Gasteiger partial charge on any atom is -0.368 e. The lowest BCUT2D eigenvalue weighted by Crippen LogP contribution is -2.43. The summed E-state index contributed by atoms with van der Waals surface area (Å²) in [5.41, 5.74) is 2.91. The Bertz CT molecular complexity index is 382. The summed E-state index contributed by atoms with van der Waals surface area (Å²) in [6.07, 6.45) is 2.76. The molecule has 1 saturated heterocycles. The topological polar surface area (TPSA) is 15.3 Å². The Kier molecular flexibility index (Phi) is 2.90. The van der Waals surface area contributed by atoms with Gasteiger partial charge < -0.3 is 10.2 Å². The largest absolute Gasteiger partial charge is 0.368 e. The number of hydrogen-bond donors (Lipinski definition) is 1. The predicted octanol–water partition coefficient (Wildman–Crippen LogP) is 2.74. The summed E-state index contributed by atoms with van der Waals surface area (Å²) in [6, 6.07) is 6.87. The average molecular weight is 281 g/mol. The first-order chi connectivity index (χ1) is 7.84. The van der Waals surface area contributed by atoms with Gasteiger partial charge in [0.25, 0.3) is 0 Å². The molecular weight excluding hydrogens is 264 g/mol. The Morgan fingerprint density at radius 3 is 2.62 bits per heavy atom.